The molecule has 0 N–H and O–H groups in total. The summed E-state index contributed by atoms with van der Waals surface area (Å²) in [6.45, 7) is 2.48. The van der Waals surface area contributed by atoms with Gasteiger partial charge in [0.1, 0.15) is 12.4 Å². The molecule has 0 saturated heterocycles. The van der Waals surface area contributed by atoms with E-state index < -0.39 is 0 Å². The van der Waals surface area contributed by atoms with Crippen LogP contribution in [-0.2, 0) is 0 Å². The SMILES string of the molecule is CC=CC(COc1ccccc1)=NC. The lowest BCUT2D eigenvalue weighted by molar-refractivity contribution is 0.377. The Kier molecular flexibility index (Phi) is 4.48. The van der Waals surface area contributed by atoms with Gasteiger partial charge in [0, 0.05) is 7.05 Å². The second-order valence-corrected chi connectivity index (χ2v) is 2.82. The number of rotatable bonds is 4. The normalized spacial score (nSPS) is 12.0. The summed E-state index contributed by atoms with van der Waals surface area (Å²) in [4.78, 5) is 4.10. The summed E-state index contributed by atoms with van der Waals surface area (Å²) in [5.41, 5.74) is 0.941. The minimum Gasteiger partial charge on any atom is -0.487 e. The second kappa shape index (κ2) is 5.97. The number of hydrogen-bond donors (Lipinski definition) is 0. The van der Waals surface area contributed by atoms with Gasteiger partial charge >= 0.3 is 0 Å². The molecule has 14 heavy (non-hydrogen) atoms. The van der Waals surface area contributed by atoms with Gasteiger partial charge in [-0.05, 0) is 25.1 Å². The van der Waals surface area contributed by atoms with Crippen molar-refractivity contribution in [2.75, 3.05) is 13.7 Å². The fourth-order valence-electron chi connectivity index (χ4n) is 1.05. The molecule has 0 aliphatic heterocycles. The van der Waals surface area contributed by atoms with Crippen LogP contribution < -0.4 is 4.74 Å². The second-order valence-electron chi connectivity index (χ2n) is 2.82. The number of hydrogen-bond acceptors (Lipinski definition) is 2. The molecule has 0 atom stereocenters. The van der Waals surface area contributed by atoms with Gasteiger partial charge in [0.15, 0.2) is 0 Å². The smallest absolute Gasteiger partial charge is 0.130 e. The molecule has 0 heterocycles. The van der Waals surface area contributed by atoms with Crippen molar-refractivity contribution >= 4 is 5.71 Å². The maximum Gasteiger partial charge on any atom is 0.130 e. The summed E-state index contributed by atoms with van der Waals surface area (Å²) in [5.74, 6) is 0.873. The molecule has 0 fully saturated rings. The summed E-state index contributed by atoms with van der Waals surface area (Å²) in [7, 11) is 1.77. The topological polar surface area (TPSA) is 21.6 Å². The molecule has 74 valence electrons. The summed E-state index contributed by atoms with van der Waals surface area (Å²) in [6.07, 6.45) is 3.90. The van der Waals surface area contributed by atoms with Gasteiger partial charge in [-0.3, -0.25) is 4.99 Å². The third kappa shape index (κ3) is 3.44. The molecule has 0 spiro atoms. The van der Waals surface area contributed by atoms with E-state index in [1.165, 1.54) is 0 Å². The zero-order chi connectivity index (χ0) is 10.2. The monoisotopic (exact) mass is 189 g/mol. The van der Waals surface area contributed by atoms with Crippen LogP contribution in [0.15, 0.2) is 47.5 Å². The predicted octanol–water partition coefficient (Wildman–Crippen LogP) is 2.71. The molecule has 0 amide bonds. The van der Waals surface area contributed by atoms with Gasteiger partial charge in [-0.2, -0.15) is 0 Å². The van der Waals surface area contributed by atoms with Gasteiger partial charge in [-0.1, -0.05) is 24.3 Å². The number of ether oxygens (including phenoxy) is 1. The van der Waals surface area contributed by atoms with Gasteiger partial charge in [-0.15, -0.1) is 0 Å². The molecule has 0 saturated carbocycles. The van der Waals surface area contributed by atoms with Crippen LogP contribution in [0, 0.1) is 0 Å². The summed E-state index contributed by atoms with van der Waals surface area (Å²) in [6, 6.07) is 9.74. The minimum absolute atomic E-state index is 0.519. The molecule has 2 nitrogen and oxygen atoms in total. The lowest BCUT2D eigenvalue weighted by atomic mass is 10.3. The Morgan fingerprint density at radius 1 is 1.36 bits per heavy atom. The zero-order valence-electron chi connectivity index (χ0n) is 8.60. The molecular weight excluding hydrogens is 174 g/mol. The molecule has 0 unspecified atom stereocenters. The number of allylic oxidation sites excluding steroid dienone is 1. The van der Waals surface area contributed by atoms with Crippen molar-refractivity contribution in [3.8, 4) is 5.75 Å². The Labute approximate surface area is 84.9 Å². The minimum atomic E-state index is 0.519. The highest BCUT2D eigenvalue weighted by molar-refractivity contribution is 5.96. The number of aliphatic imine (C=N–C) groups is 1. The van der Waals surface area contributed by atoms with E-state index >= 15 is 0 Å². The first-order valence-corrected chi connectivity index (χ1v) is 4.63. The number of nitrogens with zero attached hydrogens (tertiary/aromatic N) is 1. The van der Waals surface area contributed by atoms with Crippen LogP contribution in [0.3, 0.4) is 0 Å². The fraction of sp³-hybridized carbons (Fsp3) is 0.250. The molecule has 2 heteroatoms. The highest BCUT2D eigenvalue weighted by Gasteiger charge is 1.94. The lowest BCUT2D eigenvalue weighted by Crippen LogP contribution is -2.08. The van der Waals surface area contributed by atoms with Gasteiger partial charge in [0.05, 0.1) is 5.71 Å². The molecule has 0 radical (unpaired) electrons. The van der Waals surface area contributed by atoms with E-state index in [0.717, 1.165) is 11.5 Å². The van der Waals surface area contributed by atoms with E-state index in [4.69, 9.17) is 4.74 Å². The van der Waals surface area contributed by atoms with E-state index in [1.54, 1.807) is 7.05 Å². The number of benzene rings is 1. The van der Waals surface area contributed by atoms with Crippen LogP contribution in [0.2, 0.25) is 0 Å². The Hall–Kier alpha value is -1.57. The molecule has 1 aromatic carbocycles. The highest BCUT2D eigenvalue weighted by Crippen LogP contribution is 2.07. The average Bonchev–Trinajstić information content (AvgIpc) is 2.25. The number of para-hydroxylation sites is 1. The van der Waals surface area contributed by atoms with Crippen LogP contribution in [0.4, 0.5) is 0 Å². The third-order valence-corrected chi connectivity index (χ3v) is 1.78. The quantitative estimate of drug-likeness (QED) is 0.667. The van der Waals surface area contributed by atoms with Crippen molar-refractivity contribution < 1.29 is 4.74 Å². The van der Waals surface area contributed by atoms with Crippen LogP contribution in [0.5, 0.6) is 5.75 Å². The van der Waals surface area contributed by atoms with Crippen molar-refractivity contribution in [2.24, 2.45) is 4.99 Å². The van der Waals surface area contributed by atoms with E-state index in [9.17, 15) is 0 Å². The van der Waals surface area contributed by atoms with E-state index in [-0.39, 0.29) is 0 Å². The lowest BCUT2D eigenvalue weighted by Gasteiger charge is -2.04. The molecule has 0 aliphatic carbocycles. The maximum atomic E-state index is 5.53. The van der Waals surface area contributed by atoms with Crippen LogP contribution in [-0.4, -0.2) is 19.4 Å². The molecular formula is C12H15NO. The summed E-state index contributed by atoms with van der Waals surface area (Å²) in [5, 5.41) is 0. The molecule has 1 rings (SSSR count). The van der Waals surface area contributed by atoms with Crippen LogP contribution in [0.25, 0.3) is 0 Å². The van der Waals surface area contributed by atoms with Crippen molar-refractivity contribution in [2.45, 2.75) is 6.92 Å². The predicted molar refractivity (Wildman–Crippen MR) is 60.1 cm³/mol. The van der Waals surface area contributed by atoms with Crippen LogP contribution in [0.1, 0.15) is 6.92 Å². The highest BCUT2D eigenvalue weighted by atomic mass is 16.5. The first-order chi connectivity index (χ1) is 6.86. The van der Waals surface area contributed by atoms with Crippen molar-refractivity contribution in [1.29, 1.82) is 0 Å². The Morgan fingerprint density at radius 3 is 2.64 bits per heavy atom. The fourth-order valence-corrected chi connectivity index (χ4v) is 1.05. The van der Waals surface area contributed by atoms with Crippen LogP contribution >= 0.6 is 0 Å². The molecule has 0 aliphatic rings. The zero-order valence-corrected chi connectivity index (χ0v) is 8.60. The van der Waals surface area contributed by atoms with Gasteiger partial charge in [-0.25, -0.2) is 0 Å². The maximum absolute atomic E-state index is 5.53. The van der Waals surface area contributed by atoms with Gasteiger partial charge in [0.25, 0.3) is 0 Å². The first kappa shape index (κ1) is 10.5. The first-order valence-electron chi connectivity index (χ1n) is 4.63. The molecule has 1 aromatic rings. The van der Waals surface area contributed by atoms with E-state index in [2.05, 4.69) is 4.99 Å². The van der Waals surface area contributed by atoms with Crippen molar-refractivity contribution in [3.05, 3.63) is 42.5 Å². The summed E-state index contributed by atoms with van der Waals surface area (Å²) < 4.78 is 5.53. The third-order valence-electron chi connectivity index (χ3n) is 1.78. The van der Waals surface area contributed by atoms with E-state index in [0.29, 0.717) is 6.61 Å². The van der Waals surface area contributed by atoms with Crippen molar-refractivity contribution in [3.63, 3.8) is 0 Å². The Balaban J connectivity index is 2.48. The van der Waals surface area contributed by atoms with Gasteiger partial charge < -0.3 is 4.74 Å². The largest absolute Gasteiger partial charge is 0.487 e. The Morgan fingerprint density at radius 2 is 2.07 bits per heavy atom. The Bertz CT molecular complexity index is 314. The standard InChI is InChI=1S/C12H15NO/c1-3-7-11(13-2)10-14-12-8-5-4-6-9-12/h3-9H,10H2,1-2H3. The van der Waals surface area contributed by atoms with Crippen molar-refractivity contribution in [1.82, 2.24) is 0 Å². The molecule has 0 bridgehead atoms. The molecule has 0 aromatic heterocycles. The summed E-state index contributed by atoms with van der Waals surface area (Å²) >= 11 is 0. The average molecular weight is 189 g/mol. The van der Waals surface area contributed by atoms with Gasteiger partial charge in [0.2, 0.25) is 0 Å². The van der Waals surface area contributed by atoms with E-state index in [1.807, 2.05) is 49.4 Å².